The monoisotopic (exact) mass is 269 g/mol. The van der Waals surface area contributed by atoms with Crippen LogP contribution in [-0.4, -0.2) is 25.0 Å². The van der Waals surface area contributed by atoms with Gasteiger partial charge in [-0.05, 0) is 11.4 Å². The predicted molar refractivity (Wildman–Crippen MR) is 71.8 cm³/mol. The topological polar surface area (TPSA) is 55.4 Å². The Labute approximate surface area is 111 Å². The molecule has 5 heteroatoms. The molecule has 0 bridgehead atoms. The van der Waals surface area contributed by atoms with Crippen molar-refractivity contribution in [2.24, 2.45) is 5.92 Å². The molecule has 100 valence electrons. The average molecular weight is 269 g/mol. The fourth-order valence-corrected chi connectivity index (χ4v) is 2.34. The molecule has 0 spiro atoms. The van der Waals surface area contributed by atoms with Gasteiger partial charge >= 0.3 is 6.09 Å². The molecular formula is C13H19NO3S. The molecule has 1 amide bonds. The largest absolute Gasteiger partial charge is 0.453 e. The fraction of sp³-hybridized carbons (Fsp3) is 0.538. The molecule has 0 saturated carbocycles. The summed E-state index contributed by atoms with van der Waals surface area (Å²) >= 11 is 1.62. The van der Waals surface area contributed by atoms with E-state index in [4.69, 9.17) is 0 Å². The highest BCUT2D eigenvalue weighted by Crippen LogP contribution is 2.14. The molecule has 1 aromatic heterocycles. The summed E-state index contributed by atoms with van der Waals surface area (Å²) in [6.07, 6.45) is 0.503. The summed E-state index contributed by atoms with van der Waals surface area (Å²) < 4.78 is 4.58. The molecule has 0 aliphatic rings. The maximum Gasteiger partial charge on any atom is 0.407 e. The fourth-order valence-electron chi connectivity index (χ4n) is 1.55. The molecule has 1 unspecified atom stereocenters. The van der Waals surface area contributed by atoms with E-state index >= 15 is 0 Å². The Morgan fingerprint density at radius 3 is 2.67 bits per heavy atom. The van der Waals surface area contributed by atoms with Crippen molar-refractivity contribution in [2.45, 2.75) is 32.7 Å². The zero-order valence-electron chi connectivity index (χ0n) is 10.9. The zero-order valence-corrected chi connectivity index (χ0v) is 11.8. The van der Waals surface area contributed by atoms with Gasteiger partial charge in [-0.2, -0.15) is 0 Å². The number of amides is 1. The summed E-state index contributed by atoms with van der Waals surface area (Å²) in [4.78, 5) is 24.2. The Balaban J connectivity index is 2.62. The second-order valence-corrected chi connectivity index (χ2v) is 5.47. The zero-order chi connectivity index (χ0) is 13.5. The SMILES string of the molecule is COC(=O)NC(CC(=O)C(C)C)Cc1cccs1. The van der Waals surface area contributed by atoms with Gasteiger partial charge in [0.25, 0.3) is 0 Å². The third-order valence-corrected chi connectivity index (χ3v) is 3.53. The number of ether oxygens (including phenoxy) is 1. The lowest BCUT2D eigenvalue weighted by Crippen LogP contribution is -2.38. The van der Waals surface area contributed by atoms with Crippen LogP contribution in [0.3, 0.4) is 0 Å². The minimum atomic E-state index is -0.492. The van der Waals surface area contributed by atoms with E-state index in [0.717, 1.165) is 4.88 Å². The lowest BCUT2D eigenvalue weighted by molar-refractivity contribution is -0.122. The van der Waals surface area contributed by atoms with Crippen molar-refractivity contribution in [2.75, 3.05) is 7.11 Å². The van der Waals surface area contributed by atoms with Crippen LogP contribution in [0.2, 0.25) is 0 Å². The van der Waals surface area contributed by atoms with E-state index in [1.54, 1.807) is 11.3 Å². The van der Waals surface area contributed by atoms with Crippen LogP contribution >= 0.6 is 11.3 Å². The Morgan fingerprint density at radius 1 is 1.44 bits per heavy atom. The Morgan fingerprint density at radius 2 is 2.17 bits per heavy atom. The maximum atomic E-state index is 11.8. The maximum absolute atomic E-state index is 11.8. The minimum Gasteiger partial charge on any atom is -0.453 e. The third-order valence-electron chi connectivity index (χ3n) is 2.63. The van der Waals surface area contributed by atoms with Crippen LogP contribution in [0.15, 0.2) is 17.5 Å². The van der Waals surface area contributed by atoms with Crippen LogP contribution in [0.25, 0.3) is 0 Å². The number of ketones is 1. The summed E-state index contributed by atoms with van der Waals surface area (Å²) in [6, 6.07) is 3.75. The van der Waals surface area contributed by atoms with Crippen molar-refractivity contribution in [3.63, 3.8) is 0 Å². The molecule has 0 aliphatic heterocycles. The first-order chi connectivity index (χ1) is 8.52. The minimum absolute atomic E-state index is 0.0183. The van der Waals surface area contributed by atoms with E-state index in [1.165, 1.54) is 7.11 Å². The molecule has 1 heterocycles. The van der Waals surface area contributed by atoms with Gasteiger partial charge in [-0.15, -0.1) is 11.3 Å². The van der Waals surface area contributed by atoms with E-state index < -0.39 is 6.09 Å². The number of methoxy groups -OCH3 is 1. The molecular weight excluding hydrogens is 250 g/mol. The number of hydrogen-bond donors (Lipinski definition) is 1. The normalized spacial score (nSPS) is 12.2. The Hall–Kier alpha value is -1.36. The Bertz CT molecular complexity index is 387. The van der Waals surface area contributed by atoms with Crippen molar-refractivity contribution in [3.8, 4) is 0 Å². The molecule has 0 fully saturated rings. The second-order valence-electron chi connectivity index (χ2n) is 4.44. The lowest BCUT2D eigenvalue weighted by atomic mass is 9.99. The van der Waals surface area contributed by atoms with Crippen molar-refractivity contribution >= 4 is 23.2 Å². The highest BCUT2D eigenvalue weighted by Gasteiger charge is 2.19. The first-order valence-electron chi connectivity index (χ1n) is 5.92. The molecule has 1 atom stereocenters. The number of carbonyl (C=O) groups is 2. The highest BCUT2D eigenvalue weighted by atomic mass is 32.1. The van der Waals surface area contributed by atoms with E-state index in [2.05, 4.69) is 10.1 Å². The number of nitrogens with one attached hydrogen (secondary N) is 1. The van der Waals surface area contributed by atoms with Crippen molar-refractivity contribution < 1.29 is 14.3 Å². The van der Waals surface area contributed by atoms with E-state index in [1.807, 2.05) is 31.4 Å². The molecule has 1 N–H and O–H groups in total. The van der Waals surface area contributed by atoms with E-state index in [-0.39, 0.29) is 17.7 Å². The lowest BCUT2D eigenvalue weighted by Gasteiger charge is -2.17. The van der Waals surface area contributed by atoms with Gasteiger partial charge in [0.2, 0.25) is 0 Å². The molecule has 1 rings (SSSR count). The summed E-state index contributed by atoms with van der Waals surface area (Å²) in [5, 5.41) is 4.70. The molecule has 1 aromatic rings. The summed E-state index contributed by atoms with van der Waals surface area (Å²) in [7, 11) is 1.32. The summed E-state index contributed by atoms with van der Waals surface area (Å²) in [5.74, 6) is 0.128. The Kier molecular flexibility index (Phi) is 5.85. The summed E-state index contributed by atoms with van der Waals surface area (Å²) in [5.41, 5.74) is 0. The van der Waals surface area contributed by atoms with Crippen LogP contribution in [-0.2, 0) is 16.0 Å². The van der Waals surface area contributed by atoms with Gasteiger partial charge in [0.05, 0.1) is 7.11 Å². The molecule has 18 heavy (non-hydrogen) atoms. The van der Waals surface area contributed by atoms with Crippen molar-refractivity contribution in [1.82, 2.24) is 5.32 Å². The predicted octanol–water partition coefficient (Wildman–Crippen LogP) is 2.63. The van der Waals surface area contributed by atoms with Gasteiger partial charge in [-0.3, -0.25) is 4.79 Å². The standard InChI is InChI=1S/C13H19NO3S/c1-9(2)12(15)8-10(14-13(16)17-3)7-11-5-4-6-18-11/h4-6,9-10H,7-8H2,1-3H3,(H,14,16). The quantitative estimate of drug-likeness (QED) is 0.863. The molecule has 0 aromatic carbocycles. The first kappa shape index (κ1) is 14.7. The molecule has 0 saturated heterocycles. The highest BCUT2D eigenvalue weighted by molar-refractivity contribution is 7.09. The van der Waals surface area contributed by atoms with Gasteiger partial charge in [0.1, 0.15) is 5.78 Å². The molecule has 4 nitrogen and oxygen atoms in total. The second kappa shape index (κ2) is 7.16. The van der Waals surface area contributed by atoms with Gasteiger partial charge in [-0.1, -0.05) is 19.9 Å². The number of thiophene rings is 1. The number of carbonyl (C=O) groups excluding carboxylic acids is 2. The van der Waals surface area contributed by atoms with Crippen molar-refractivity contribution in [1.29, 1.82) is 0 Å². The van der Waals surface area contributed by atoms with E-state index in [9.17, 15) is 9.59 Å². The average Bonchev–Trinajstić information content (AvgIpc) is 2.81. The van der Waals surface area contributed by atoms with Gasteiger partial charge in [0, 0.05) is 29.7 Å². The third kappa shape index (κ3) is 4.87. The molecule has 0 radical (unpaired) electrons. The molecule has 0 aliphatic carbocycles. The summed E-state index contributed by atoms with van der Waals surface area (Å²) in [6.45, 7) is 3.73. The van der Waals surface area contributed by atoms with Crippen LogP contribution < -0.4 is 5.32 Å². The number of hydrogen-bond acceptors (Lipinski definition) is 4. The van der Waals surface area contributed by atoms with Gasteiger partial charge in [0.15, 0.2) is 0 Å². The van der Waals surface area contributed by atoms with Crippen LogP contribution in [0.1, 0.15) is 25.1 Å². The smallest absolute Gasteiger partial charge is 0.407 e. The van der Waals surface area contributed by atoms with Crippen molar-refractivity contribution in [3.05, 3.63) is 22.4 Å². The van der Waals surface area contributed by atoms with Crippen LogP contribution in [0.5, 0.6) is 0 Å². The van der Waals surface area contributed by atoms with Gasteiger partial charge < -0.3 is 10.1 Å². The van der Waals surface area contributed by atoms with Gasteiger partial charge in [-0.25, -0.2) is 4.79 Å². The number of rotatable bonds is 6. The van der Waals surface area contributed by atoms with Crippen LogP contribution in [0.4, 0.5) is 4.79 Å². The number of alkyl carbamates (subject to hydrolysis) is 1. The van der Waals surface area contributed by atoms with E-state index in [0.29, 0.717) is 12.8 Å². The number of Topliss-reactive ketones (excluding diaryl/α,β-unsaturated/α-hetero) is 1. The first-order valence-corrected chi connectivity index (χ1v) is 6.80. The van der Waals surface area contributed by atoms with Crippen LogP contribution in [0, 0.1) is 5.92 Å².